The molecule has 0 bridgehead atoms. The van der Waals surface area contributed by atoms with E-state index in [9.17, 15) is 4.79 Å². The minimum Gasteiger partial charge on any atom is -0.467 e. The Labute approximate surface area is 90.5 Å². The molecule has 1 aliphatic heterocycles. The van der Waals surface area contributed by atoms with Crippen molar-refractivity contribution in [3.05, 3.63) is 0 Å². The van der Waals surface area contributed by atoms with Crippen LogP contribution in [0.5, 0.6) is 0 Å². The van der Waals surface area contributed by atoms with Crippen LogP contribution in [-0.4, -0.2) is 50.3 Å². The van der Waals surface area contributed by atoms with Crippen molar-refractivity contribution in [2.45, 2.75) is 25.4 Å². The van der Waals surface area contributed by atoms with Crippen molar-refractivity contribution in [1.82, 2.24) is 4.90 Å². The Hall–Kier alpha value is -0.610. The Kier molecular flexibility index (Phi) is 3.59. The van der Waals surface area contributed by atoms with Gasteiger partial charge < -0.3 is 9.47 Å². The number of hydrogen-bond donors (Lipinski definition) is 0. The first-order valence-corrected chi connectivity index (χ1v) is 5.71. The van der Waals surface area contributed by atoms with Gasteiger partial charge in [0.2, 0.25) is 0 Å². The zero-order chi connectivity index (χ0) is 10.7. The molecule has 15 heavy (non-hydrogen) atoms. The number of morpholine rings is 1. The van der Waals surface area contributed by atoms with E-state index in [-0.39, 0.29) is 12.1 Å². The van der Waals surface area contributed by atoms with Gasteiger partial charge in [-0.05, 0) is 18.8 Å². The largest absolute Gasteiger partial charge is 0.467 e. The standard InChI is InChI=1S/C11H19NO3/c1-14-11(13)10-8-12(5-6-15-10)7-9-3-2-4-9/h9-10H,2-8H2,1H3. The number of methoxy groups -OCH3 is 1. The predicted octanol–water partition coefficient (Wildman–Crippen LogP) is 0.660. The summed E-state index contributed by atoms with van der Waals surface area (Å²) in [5.74, 6) is 0.606. The molecule has 0 spiro atoms. The fourth-order valence-electron chi connectivity index (χ4n) is 2.18. The fraction of sp³-hybridized carbons (Fsp3) is 0.909. The highest BCUT2D eigenvalue weighted by atomic mass is 16.6. The van der Waals surface area contributed by atoms with Gasteiger partial charge in [0.15, 0.2) is 6.10 Å². The number of carbonyl (C=O) groups excluding carboxylic acids is 1. The zero-order valence-corrected chi connectivity index (χ0v) is 9.28. The van der Waals surface area contributed by atoms with Crippen LogP contribution in [0.3, 0.4) is 0 Å². The zero-order valence-electron chi connectivity index (χ0n) is 9.28. The smallest absolute Gasteiger partial charge is 0.336 e. The third-order valence-corrected chi connectivity index (χ3v) is 3.36. The number of esters is 1. The van der Waals surface area contributed by atoms with Crippen LogP contribution < -0.4 is 0 Å². The Morgan fingerprint density at radius 1 is 1.53 bits per heavy atom. The molecule has 2 fully saturated rings. The quantitative estimate of drug-likeness (QED) is 0.646. The van der Waals surface area contributed by atoms with Gasteiger partial charge in [-0.2, -0.15) is 0 Å². The number of hydrogen-bond acceptors (Lipinski definition) is 4. The fourth-order valence-corrected chi connectivity index (χ4v) is 2.18. The normalized spacial score (nSPS) is 28.5. The van der Waals surface area contributed by atoms with E-state index in [1.807, 2.05) is 0 Å². The Balaban J connectivity index is 1.78. The summed E-state index contributed by atoms with van der Waals surface area (Å²) in [7, 11) is 1.41. The SMILES string of the molecule is COC(=O)C1CN(CC2CCC2)CCO1. The van der Waals surface area contributed by atoms with Gasteiger partial charge >= 0.3 is 5.97 Å². The average Bonchev–Trinajstić information content (AvgIpc) is 2.23. The van der Waals surface area contributed by atoms with Crippen molar-refractivity contribution in [1.29, 1.82) is 0 Å². The number of rotatable bonds is 3. The van der Waals surface area contributed by atoms with Crippen molar-refractivity contribution >= 4 is 5.97 Å². The number of nitrogens with zero attached hydrogens (tertiary/aromatic N) is 1. The lowest BCUT2D eigenvalue weighted by Crippen LogP contribution is -2.48. The monoisotopic (exact) mass is 213 g/mol. The van der Waals surface area contributed by atoms with E-state index >= 15 is 0 Å². The van der Waals surface area contributed by atoms with Crippen LogP contribution in [0.4, 0.5) is 0 Å². The molecule has 1 heterocycles. The Morgan fingerprint density at radius 2 is 2.33 bits per heavy atom. The van der Waals surface area contributed by atoms with Crippen LogP contribution in [0.1, 0.15) is 19.3 Å². The molecule has 1 saturated heterocycles. The minimum atomic E-state index is -0.371. The van der Waals surface area contributed by atoms with E-state index in [2.05, 4.69) is 4.90 Å². The number of ether oxygens (including phenoxy) is 2. The van der Waals surface area contributed by atoms with Gasteiger partial charge in [0.1, 0.15) is 0 Å². The van der Waals surface area contributed by atoms with Crippen LogP contribution in [0.25, 0.3) is 0 Å². The summed E-state index contributed by atoms with van der Waals surface area (Å²) >= 11 is 0. The van der Waals surface area contributed by atoms with Gasteiger partial charge in [0, 0.05) is 19.6 Å². The summed E-state index contributed by atoms with van der Waals surface area (Å²) in [4.78, 5) is 13.6. The molecule has 0 N–H and O–H groups in total. The van der Waals surface area contributed by atoms with Crippen molar-refractivity contribution in [3.8, 4) is 0 Å². The second-order valence-electron chi connectivity index (χ2n) is 4.44. The second-order valence-corrected chi connectivity index (χ2v) is 4.44. The topological polar surface area (TPSA) is 38.8 Å². The molecule has 0 aromatic rings. The van der Waals surface area contributed by atoms with Crippen LogP contribution in [0, 0.1) is 5.92 Å². The van der Waals surface area contributed by atoms with E-state index in [4.69, 9.17) is 9.47 Å². The van der Waals surface area contributed by atoms with Crippen LogP contribution in [0.15, 0.2) is 0 Å². The summed E-state index contributed by atoms with van der Waals surface area (Å²) in [6, 6.07) is 0. The Bertz CT molecular complexity index is 228. The van der Waals surface area contributed by atoms with E-state index < -0.39 is 0 Å². The maximum absolute atomic E-state index is 11.3. The lowest BCUT2D eigenvalue weighted by molar-refractivity contribution is -0.160. The summed E-state index contributed by atoms with van der Waals surface area (Å²) in [6.07, 6.45) is 3.69. The molecular weight excluding hydrogens is 194 g/mol. The summed E-state index contributed by atoms with van der Waals surface area (Å²) in [5.41, 5.74) is 0. The number of carbonyl (C=O) groups is 1. The Morgan fingerprint density at radius 3 is 2.93 bits per heavy atom. The third kappa shape index (κ3) is 2.69. The predicted molar refractivity (Wildman–Crippen MR) is 55.5 cm³/mol. The van der Waals surface area contributed by atoms with Gasteiger partial charge in [-0.15, -0.1) is 0 Å². The lowest BCUT2D eigenvalue weighted by atomic mass is 9.85. The highest BCUT2D eigenvalue weighted by Crippen LogP contribution is 2.27. The molecule has 4 heteroatoms. The molecule has 1 aliphatic carbocycles. The molecule has 0 radical (unpaired) electrons. The van der Waals surface area contributed by atoms with Crippen molar-refractivity contribution in [3.63, 3.8) is 0 Å². The van der Waals surface area contributed by atoms with Crippen molar-refractivity contribution in [2.24, 2.45) is 5.92 Å². The molecule has 1 saturated carbocycles. The second kappa shape index (κ2) is 4.94. The molecule has 4 nitrogen and oxygen atoms in total. The first-order chi connectivity index (χ1) is 7.29. The van der Waals surface area contributed by atoms with Gasteiger partial charge in [-0.3, -0.25) is 4.90 Å². The highest BCUT2D eigenvalue weighted by molar-refractivity contribution is 5.74. The van der Waals surface area contributed by atoms with Crippen molar-refractivity contribution in [2.75, 3.05) is 33.4 Å². The third-order valence-electron chi connectivity index (χ3n) is 3.36. The molecule has 2 rings (SSSR count). The van der Waals surface area contributed by atoms with Crippen LogP contribution in [0.2, 0.25) is 0 Å². The lowest BCUT2D eigenvalue weighted by Gasteiger charge is -2.36. The molecule has 0 aromatic carbocycles. The van der Waals surface area contributed by atoms with Crippen molar-refractivity contribution < 1.29 is 14.3 Å². The molecule has 2 aliphatic rings. The minimum absolute atomic E-state index is 0.242. The molecule has 86 valence electrons. The van der Waals surface area contributed by atoms with Gasteiger partial charge in [0.05, 0.1) is 13.7 Å². The molecule has 0 amide bonds. The summed E-state index contributed by atoms with van der Waals surface area (Å²) < 4.78 is 10.1. The molecule has 1 unspecified atom stereocenters. The average molecular weight is 213 g/mol. The highest BCUT2D eigenvalue weighted by Gasteiger charge is 2.29. The summed E-state index contributed by atoms with van der Waals surface area (Å²) in [5, 5.41) is 0. The van der Waals surface area contributed by atoms with Gasteiger partial charge in [-0.25, -0.2) is 4.79 Å². The molecular formula is C11H19NO3. The molecule has 0 aromatic heterocycles. The van der Waals surface area contributed by atoms with Gasteiger partial charge in [-0.1, -0.05) is 6.42 Å². The van der Waals surface area contributed by atoms with E-state index in [0.29, 0.717) is 13.2 Å². The van der Waals surface area contributed by atoms with E-state index in [0.717, 1.165) is 19.0 Å². The maximum Gasteiger partial charge on any atom is 0.336 e. The first-order valence-electron chi connectivity index (χ1n) is 5.71. The maximum atomic E-state index is 11.3. The van der Waals surface area contributed by atoms with E-state index in [1.54, 1.807) is 0 Å². The van der Waals surface area contributed by atoms with Crippen LogP contribution in [-0.2, 0) is 14.3 Å². The molecule has 1 atom stereocenters. The van der Waals surface area contributed by atoms with Crippen LogP contribution >= 0.6 is 0 Å². The van der Waals surface area contributed by atoms with E-state index in [1.165, 1.54) is 26.4 Å². The van der Waals surface area contributed by atoms with Gasteiger partial charge in [0.25, 0.3) is 0 Å². The first kappa shape index (κ1) is 10.9. The summed E-state index contributed by atoms with van der Waals surface area (Å²) in [6.45, 7) is 3.41.